The van der Waals surface area contributed by atoms with Gasteiger partial charge in [-0.25, -0.2) is 0 Å². The van der Waals surface area contributed by atoms with E-state index in [0.29, 0.717) is 12.2 Å². The number of aromatic nitrogens is 1. The SMILES string of the molecule is Cc1noc(C)c1N(C)C(=O)CCc1ccc(Br)cc1. The van der Waals surface area contributed by atoms with Gasteiger partial charge < -0.3 is 9.42 Å². The lowest BCUT2D eigenvalue weighted by molar-refractivity contribution is -0.118. The van der Waals surface area contributed by atoms with Crippen molar-refractivity contribution < 1.29 is 9.32 Å². The molecule has 0 saturated heterocycles. The molecule has 1 heterocycles. The van der Waals surface area contributed by atoms with Gasteiger partial charge in [-0.2, -0.15) is 0 Å². The zero-order valence-corrected chi connectivity index (χ0v) is 13.4. The van der Waals surface area contributed by atoms with Crippen molar-refractivity contribution in [2.75, 3.05) is 11.9 Å². The molecule has 0 atom stereocenters. The van der Waals surface area contributed by atoms with Crippen molar-refractivity contribution >= 4 is 27.5 Å². The summed E-state index contributed by atoms with van der Waals surface area (Å²) < 4.78 is 6.14. The normalized spacial score (nSPS) is 10.6. The van der Waals surface area contributed by atoms with Crippen LogP contribution in [0.25, 0.3) is 0 Å². The Bertz CT molecular complexity index is 585. The van der Waals surface area contributed by atoms with Crippen LogP contribution >= 0.6 is 15.9 Å². The number of carbonyl (C=O) groups is 1. The minimum Gasteiger partial charge on any atom is -0.359 e. The van der Waals surface area contributed by atoms with Gasteiger partial charge in [0.1, 0.15) is 11.4 Å². The number of hydrogen-bond donors (Lipinski definition) is 0. The van der Waals surface area contributed by atoms with Gasteiger partial charge in [-0.05, 0) is 38.0 Å². The molecule has 4 nitrogen and oxygen atoms in total. The Hall–Kier alpha value is -1.62. The first-order valence-corrected chi connectivity index (χ1v) is 7.22. The zero-order chi connectivity index (χ0) is 14.7. The van der Waals surface area contributed by atoms with E-state index < -0.39 is 0 Å². The molecule has 0 saturated carbocycles. The molecular formula is C15H17BrN2O2. The van der Waals surface area contributed by atoms with Crippen LogP contribution < -0.4 is 4.90 Å². The number of benzene rings is 1. The van der Waals surface area contributed by atoms with Crippen molar-refractivity contribution in [2.45, 2.75) is 26.7 Å². The number of nitrogens with zero attached hydrogens (tertiary/aromatic N) is 2. The lowest BCUT2D eigenvalue weighted by atomic mass is 10.1. The van der Waals surface area contributed by atoms with Crippen molar-refractivity contribution in [3.8, 4) is 0 Å². The number of aryl methyl sites for hydroxylation is 3. The van der Waals surface area contributed by atoms with E-state index in [1.54, 1.807) is 11.9 Å². The first kappa shape index (κ1) is 14.8. The standard InChI is InChI=1S/C15H17BrN2O2/c1-10-15(11(2)20-17-10)18(3)14(19)9-6-12-4-7-13(16)8-5-12/h4-5,7-8H,6,9H2,1-3H3. The van der Waals surface area contributed by atoms with E-state index in [1.165, 1.54) is 0 Å². The molecule has 0 spiro atoms. The van der Waals surface area contributed by atoms with E-state index in [1.807, 2.05) is 38.1 Å². The smallest absolute Gasteiger partial charge is 0.227 e. The molecule has 1 aromatic carbocycles. The molecular weight excluding hydrogens is 320 g/mol. The summed E-state index contributed by atoms with van der Waals surface area (Å²) in [5, 5.41) is 3.87. The minimum absolute atomic E-state index is 0.0577. The van der Waals surface area contributed by atoms with Gasteiger partial charge >= 0.3 is 0 Å². The third kappa shape index (κ3) is 3.28. The van der Waals surface area contributed by atoms with Crippen molar-refractivity contribution in [1.82, 2.24) is 5.16 Å². The summed E-state index contributed by atoms with van der Waals surface area (Å²) in [5.74, 6) is 0.726. The van der Waals surface area contributed by atoms with Gasteiger partial charge in [0.2, 0.25) is 5.91 Å². The Morgan fingerprint density at radius 2 is 1.95 bits per heavy atom. The Kier molecular flexibility index (Phi) is 4.60. The zero-order valence-electron chi connectivity index (χ0n) is 11.8. The molecule has 2 rings (SSSR count). The molecule has 1 aromatic heterocycles. The van der Waals surface area contributed by atoms with E-state index in [4.69, 9.17) is 4.52 Å². The first-order valence-electron chi connectivity index (χ1n) is 6.43. The van der Waals surface area contributed by atoms with Crippen LogP contribution in [0, 0.1) is 13.8 Å². The van der Waals surface area contributed by atoms with Gasteiger partial charge in [-0.3, -0.25) is 4.79 Å². The molecule has 0 fully saturated rings. The molecule has 0 N–H and O–H groups in total. The van der Waals surface area contributed by atoms with Crippen LogP contribution in [0.3, 0.4) is 0 Å². The molecule has 5 heteroatoms. The molecule has 0 radical (unpaired) electrons. The minimum atomic E-state index is 0.0577. The van der Waals surface area contributed by atoms with E-state index in [9.17, 15) is 4.79 Å². The van der Waals surface area contributed by atoms with Gasteiger partial charge in [0.25, 0.3) is 0 Å². The summed E-state index contributed by atoms with van der Waals surface area (Å²) in [5.41, 5.74) is 2.65. The lowest BCUT2D eigenvalue weighted by Crippen LogP contribution is -2.27. The molecule has 0 aliphatic carbocycles. The molecule has 1 amide bonds. The van der Waals surface area contributed by atoms with Gasteiger partial charge in [0.05, 0.1) is 0 Å². The highest BCUT2D eigenvalue weighted by Gasteiger charge is 2.18. The number of anilines is 1. The summed E-state index contributed by atoms with van der Waals surface area (Å²) in [6.45, 7) is 3.65. The number of hydrogen-bond acceptors (Lipinski definition) is 3. The predicted molar refractivity (Wildman–Crippen MR) is 81.9 cm³/mol. The second-order valence-electron chi connectivity index (χ2n) is 4.75. The van der Waals surface area contributed by atoms with Crippen molar-refractivity contribution in [2.24, 2.45) is 0 Å². The maximum atomic E-state index is 12.2. The quantitative estimate of drug-likeness (QED) is 0.856. The topological polar surface area (TPSA) is 46.3 Å². The summed E-state index contributed by atoms with van der Waals surface area (Å²) in [7, 11) is 1.76. The number of carbonyl (C=O) groups excluding carboxylic acids is 1. The van der Waals surface area contributed by atoms with Gasteiger partial charge in [-0.15, -0.1) is 0 Å². The summed E-state index contributed by atoms with van der Waals surface area (Å²) in [6, 6.07) is 8.01. The Labute approximate surface area is 126 Å². The molecule has 2 aromatic rings. The van der Waals surface area contributed by atoms with Crippen molar-refractivity contribution in [3.63, 3.8) is 0 Å². The largest absolute Gasteiger partial charge is 0.359 e. The van der Waals surface area contributed by atoms with Crippen molar-refractivity contribution in [1.29, 1.82) is 0 Å². The Morgan fingerprint density at radius 1 is 1.30 bits per heavy atom. The first-order chi connectivity index (χ1) is 9.49. The van der Waals surface area contributed by atoms with Crippen LogP contribution in [0.4, 0.5) is 5.69 Å². The third-order valence-electron chi connectivity index (χ3n) is 3.25. The summed E-state index contributed by atoms with van der Waals surface area (Å²) >= 11 is 3.40. The molecule has 0 unspecified atom stereocenters. The number of rotatable bonds is 4. The highest BCUT2D eigenvalue weighted by atomic mass is 79.9. The second-order valence-corrected chi connectivity index (χ2v) is 5.67. The van der Waals surface area contributed by atoms with E-state index in [2.05, 4.69) is 21.1 Å². The fraction of sp³-hybridized carbons (Fsp3) is 0.333. The van der Waals surface area contributed by atoms with Gasteiger partial charge in [0, 0.05) is 17.9 Å². The molecule has 106 valence electrons. The van der Waals surface area contributed by atoms with E-state index >= 15 is 0 Å². The third-order valence-corrected chi connectivity index (χ3v) is 3.77. The maximum Gasteiger partial charge on any atom is 0.227 e. The highest BCUT2D eigenvalue weighted by Crippen LogP contribution is 2.23. The second kappa shape index (κ2) is 6.22. The average Bonchev–Trinajstić information content (AvgIpc) is 2.76. The van der Waals surface area contributed by atoms with Gasteiger partial charge in [0.15, 0.2) is 5.76 Å². The average molecular weight is 337 g/mol. The Morgan fingerprint density at radius 3 is 2.50 bits per heavy atom. The van der Waals surface area contributed by atoms with Crippen molar-refractivity contribution in [3.05, 3.63) is 45.8 Å². The summed E-state index contributed by atoms with van der Waals surface area (Å²) in [4.78, 5) is 13.9. The van der Waals surface area contributed by atoms with Crippen LogP contribution in [-0.4, -0.2) is 18.1 Å². The predicted octanol–water partition coefficient (Wildman–Crippen LogP) is 3.65. The summed E-state index contributed by atoms with van der Waals surface area (Å²) in [6.07, 6.45) is 1.18. The number of amides is 1. The van der Waals surface area contributed by atoms with Crippen LogP contribution in [0.2, 0.25) is 0 Å². The lowest BCUT2D eigenvalue weighted by Gasteiger charge is -2.16. The fourth-order valence-corrected chi connectivity index (χ4v) is 2.42. The van der Waals surface area contributed by atoms with Crippen LogP contribution in [0.5, 0.6) is 0 Å². The molecule has 20 heavy (non-hydrogen) atoms. The van der Waals surface area contributed by atoms with Crippen LogP contribution in [0.15, 0.2) is 33.3 Å². The number of halogens is 1. The molecule has 0 aliphatic heterocycles. The van der Waals surface area contributed by atoms with E-state index in [-0.39, 0.29) is 5.91 Å². The molecule has 0 bridgehead atoms. The maximum absolute atomic E-state index is 12.2. The highest BCUT2D eigenvalue weighted by molar-refractivity contribution is 9.10. The Balaban J connectivity index is 2.00. The molecule has 0 aliphatic rings. The van der Waals surface area contributed by atoms with Crippen LogP contribution in [0.1, 0.15) is 23.4 Å². The van der Waals surface area contributed by atoms with Crippen LogP contribution in [-0.2, 0) is 11.2 Å². The van der Waals surface area contributed by atoms with Gasteiger partial charge in [-0.1, -0.05) is 33.2 Å². The monoisotopic (exact) mass is 336 g/mol. The van der Waals surface area contributed by atoms with E-state index in [0.717, 1.165) is 27.8 Å². The fourth-order valence-electron chi connectivity index (χ4n) is 2.15.